The molecule has 0 aromatic heterocycles. The first-order chi connectivity index (χ1) is 10.7. The van der Waals surface area contributed by atoms with E-state index in [1.54, 1.807) is 30.0 Å². The van der Waals surface area contributed by atoms with Crippen molar-refractivity contribution in [1.82, 2.24) is 5.32 Å². The van der Waals surface area contributed by atoms with Crippen molar-refractivity contribution in [3.63, 3.8) is 0 Å². The summed E-state index contributed by atoms with van der Waals surface area (Å²) < 4.78 is 18.9. The Morgan fingerprint density at radius 1 is 1.27 bits per heavy atom. The number of hydrogen-bond acceptors (Lipinski definition) is 3. The van der Waals surface area contributed by atoms with Crippen LogP contribution in [0.1, 0.15) is 18.0 Å². The number of hydrogen-bond donors (Lipinski definition) is 1. The number of fused-ring (bicyclic) bond motifs is 1. The van der Waals surface area contributed by atoms with E-state index in [-0.39, 0.29) is 24.4 Å². The molecule has 3 rings (SSSR count). The van der Waals surface area contributed by atoms with Gasteiger partial charge in [0, 0.05) is 10.6 Å². The molecule has 1 aliphatic rings. The number of para-hydroxylation sites is 1. The molecule has 3 nitrogen and oxygen atoms in total. The van der Waals surface area contributed by atoms with E-state index in [1.807, 2.05) is 18.2 Å². The largest absolute Gasteiger partial charge is 0.484 e. The van der Waals surface area contributed by atoms with Gasteiger partial charge in [-0.25, -0.2) is 4.39 Å². The predicted molar refractivity (Wildman–Crippen MR) is 84.6 cm³/mol. The summed E-state index contributed by atoms with van der Waals surface area (Å²) in [4.78, 5) is 13.1. The number of benzene rings is 2. The van der Waals surface area contributed by atoms with Gasteiger partial charge in [-0.05, 0) is 42.3 Å². The minimum absolute atomic E-state index is 0.0433. The molecule has 0 bridgehead atoms. The van der Waals surface area contributed by atoms with Gasteiger partial charge in [0.05, 0.1) is 6.04 Å². The molecule has 1 N–H and O–H groups in total. The Bertz CT molecular complexity index is 663. The van der Waals surface area contributed by atoms with Crippen LogP contribution < -0.4 is 10.1 Å². The van der Waals surface area contributed by atoms with Gasteiger partial charge in [0.25, 0.3) is 5.91 Å². The van der Waals surface area contributed by atoms with E-state index in [0.29, 0.717) is 5.75 Å². The smallest absolute Gasteiger partial charge is 0.258 e. The number of carbonyl (C=O) groups excluding carboxylic acids is 1. The van der Waals surface area contributed by atoms with E-state index in [9.17, 15) is 9.18 Å². The van der Waals surface area contributed by atoms with Gasteiger partial charge in [0.2, 0.25) is 0 Å². The van der Waals surface area contributed by atoms with E-state index in [1.165, 1.54) is 12.1 Å². The SMILES string of the molecule is O=C(COc1ccccc1)NC1CCSc2ccc(F)cc21. The molecule has 114 valence electrons. The molecular weight excluding hydrogens is 301 g/mol. The normalized spacial score (nSPS) is 16.7. The summed E-state index contributed by atoms with van der Waals surface area (Å²) in [6.07, 6.45) is 0.790. The van der Waals surface area contributed by atoms with Crippen LogP contribution in [0, 0.1) is 5.82 Å². The Kier molecular flexibility index (Phi) is 4.63. The summed E-state index contributed by atoms with van der Waals surface area (Å²) in [6.45, 7) is -0.0433. The van der Waals surface area contributed by atoms with Crippen molar-refractivity contribution >= 4 is 17.7 Å². The van der Waals surface area contributed by atoms with Crippen LogP contribution in [0.25, 0.3) is 0 Å². The number of carbonyl (C=O) groups is 1. The molecule has 0 fully saturated rings. The van der Waals surface area contributed by atoms with Gasteiger partial charge >= 0.3 is 0 Å². The Morgan fingerprint density at radius 2 is 2.09 bits per heavy atom. The maximum atomic E-state index is 13.4. The lowest BCUT2D eigenvalue weighted by Crippen LogP contribution is -2.34. The van der Waals surface area contributed by atoms with Crippen molar-refractivity contribution in [3.8, 4) is 5.75 Å². The topological polar surface area (TPSA) is 38.3 Å². The molecule has 1 amide bonds. The van der Waals surface area contributed by atoms with Crippen LogP contribution in [0.15, 0.2) is 53.4 Å². The number of thioether (sulfide) groups is 1. The molecular formula is C17H16FNO2S. The van der Waals surface area contributed by atoms with Gasteiger partial charge in [-0.3, -0.25) is 4.79 Å². The van der Waals surface area contributed by atoms with Gasteiger partial charge in [-0.2, -0.15) is 0 Å². The number of halogens is 1. The lowest BCUT2D eigenvalue weighted by atomic mass is 10.0. The summed E-state index contributed by atoms with van der Waals surface area (Å²) >= 11 is 1.69. The average molecular weight is 317 g/mol. The Morgan fingerprint density at radius 3 is 2.91 bits per heavy atom. The van der Waals surface area contributed by atoms with Gasteiger partial charge in [0.15, 0.2) is 6.61 Å². The fourth-order valence-electron chi connectivity index (χ4n) is 2.42. The summed E-state index contributed by atoms with van der Waals surface area (Å²) in [5.41, 5.74) is 0.851. The Balaban J connectivity index is 1.62. The van der Waals surface area contributed by atoms with Crippen LogP contribution in [0.2, 0.25) is 0 Å². The quantitative estimate of drug-likeness (QED) is 0.937. The summed E-state index contributed by atoms with van der Waals surface area (Å²) in [7, 11) is 0. The predicted octanol–water partition coefficient (Wildman–Crippen LogP) is 3.56. The highest BCUT2D eigenvalue weighted by atomic mass is 32.2. The van der Waals surface area contributed by atoms with Crippen LogP contribution in [0.4, 0.5) is 4.39 Å². The third-order valence-corrected chi connectivity index (χ3v) is 4.58. The summed E-state index contributed by atoms with van der Waals surface area (Å²) in [6, 6.07) is 13.8. The second-order valence-corrected chi connectivity index (χ2v) is 6.18. The monoisotopic (exact) mass is 317 g/mol. The highest BCUT2D eigenvalue weighted by Crippen LogP contribution is 2.36. The van der Waals surface area contributed by atoms with Crippen molar-refractivity contribution in [3.05, 3.63) is 59.9 Å². The maximum absolute atomic E-state index is 13.4. The molecule has 1 atom stereocenters. The van der Waals surface area contributed by atoms with Crippen LogP contribution in [-0.2, 0) is 4.79 Å². The first-order valence-electron chi connectivity index (χ1n) is 7.12. The zero-order valence-electron chi connectivity index (χ0n) is 11.9. The molecule has 0 saturated carbocycles. The van der Waals surface area contributed by atoms with E-state index in [2.05, 4.69) is 5.32 Å². The van der Waals surface area contributed by atoms with Crippen molar-refractivity contribution in [2.45, 2.75) is 17.4 Å². The van der Waals surface area contributed by atoms with Gasteiger partial charge < -0.3 is 10.1 Å². The first-order valence-corrected chi connectivity index (χ1v) is 8.10. The molecule has 22 heavy (non-hydrogen) atoms. The van der Waals surface area contributed by atoms with Crippen LogP contribution in [0.3, 0.4) is 0 Å². The number of amides is 1. The fraction of sp³-hybridized carbons (Fsp3) is 0.235. The molecule has 1 aliphatic heterocycles. The number of ether oxygens (including phenoxy) is 1. The standard InChI is InChI=1S/C17H16FNO2S/c18-12-6-7-16-14(10-12)15(8-9-22-16)19-17(20)11-21-13-4-2-1-3-5-13/h1-7,10,15H,8-9,11H2,(H,19,20). The third-order valence-electron chi connectivity index (χ3n) is 3.46. The van der Waals surface area contributed by atoms with E-state index in [0.717, 1.165) is 22.6 Å². The van der Waals surface area contributed by atoms with Crippen molar-refractivity contribution < 1.29 is 13.9 Å². The van der Waals surface area contributed by atoms with Crippen LogP contribution >= 0.6 is 11.8 Å². The number of rotatable bonds is 4. The molecule has 2 aromatic rings. The van der Waals surface area contributed by atoms with Gasteiger partial charge in [-0.1, -0.05) is 18.2 Å². The lowest BCUT2D eigenvalue weighted by Gasteiger charge is -2.26. The van der Waals surface area contributed by atoms with Crippen molar-refractivity contribution in [1.29, 1.82) is 0 Å². The van der Waals surface area contributed by atoms with Gasteiger partial charge in [-0.15, -0.1) is 11.8 Å². The zero-order chi connectivity index (χ0) is 15.4. The second-order valence-electron chi connectivity index (χ2n) is 5.04. The Hall–Kier alpha value is -2.01. The molecule has 1 unspecified atom stereocenters. The molecule has 5 heteroatoms. The maximum Gasteiger partial charge on any atom is 0.258 e. The minimum Gasteiger partial charge on any atom is -0.484 e. The summed E-state index contributed by atoms with van der Waals surface area (Å²) in [5.74, 6) is 1.09. The van der Waals surface area contributed by atoms with Crippen LogP contribution in [0.5, 0.6) is 5.75 Å². The molecule has 1 heterocycles. The highest BCUT2D eigenvalue weighted by Gasteiger charge is 2.22. The van der Waals surface area contributed by atoms with E-state index >= 15 is 0 Å². The Labute approximate surface area is 132 Å². The number of nitrogens with one attached hydrogen (secondary N) is 1. The zero-order valence-corrected chi connectivity index (χ0v) is 12.7. The molecule has 2 aromatic carbocycles. The van der Waals surface area contributed by atoms with Gasteiger partial charge in [0.1, 0.15) is 11.6 Å². The molecule has 0 spiro atoms. The lowest BCUT2D eigenvalue weighted by molar-refractivity contribution is -0.123. The molecule has 0 saturated heterocycles. The second kappa shape index (κ2) is 6.83. The van der Waals surface area contributed by atoms with E-state index in [4.69, 9.17) is 4.74 Å². The third kappa shape index (κ3) is 3.60. The van der Waals surface area contributed by atoms with E-state index < -0.39 is 0 Å². The minimum atomic E-state index is -0.277. The molecule has 0 radical (unpaired) electrons. The van der Waals surface area contributed by atoms with Crippen molar-refractivity contribution in [2.24, 2.45) is 0 Å². The highest BCUT2D eigenvalue weighted by molar-refractivity contribution is 7.99. The molecule has 0 aliphatic carbocycles. The fourth-order valence-corrected chi connectivity index (χ4v) is 3.52. The van der Waals surface area contributed by atoms with Crippen molar-refractivity contribution in [2.75, 3.05) is 12.4 Å². The first kappa shape index (κ1) is 14.9. The average Bonchev–Trinajstić information content (AvgIpc) is 2.54. The summed E-state index contributed by atoms with van der Waals surface area (Å²) in [5, 5.41) is 2.93. The van der Waals surface area contributed by atoms with Crippen LogP contribution in [-0.4, -0.2) is 18.3 Å².